The molecule has 46 heavy (non-hydrogen) atoms. The Hall–Kier alpha value is -5.90. The van der Waals surface area contributed by atoms with Crippen molar-refractivity contribution in [1.82, 2.24) is 0 Å². The Labute approximate surface area is 266 Å². The first-order valence-corrected chi connectivity index (χ1v) is 13.9. The van der Waals surface area contributed by atoms with Gasteiger partial charge in [0.2, 0.25) is 0 Å². The molecule has 0 aromatic heterocycles. The number of ether oxygens (including phenoxy) is 6. The van der Waals surface area contributed by atoms with E-state index in [0.717, 1.165) is 36.0 Å². The van der Waals surface area contributed by atoms with E-state index in [2.05, 4.69) is 19.7 Å². The largest absolute Gasteiger partial charge is 0.458 e. The van der Waals surface area contributed by atoms with E-state index in [1.54, 1.807) is 44.2 Å². The molecule has 3 aromatic rings. The summed E-state index contributed by atoms with van der Waals surface area (Å²) >= 11 is 0. The average molecular weight is 627 g/mol. The van der Waals surface area contributed by atoms with Crippen molar-refractivity contribution in [1.29, 1.82) is 0 Å². The molecule has 0 fully saturated rings. The highest BCUT2D eigenvalue weighted by atomic mass is 16.6. The van der Waals surface area contributed by atoms with Crippen LogP contribution in [0.4, 0.5) is 0 Å². The number of carbonyl (C=O) groups is 4. The Morgan fingerprint density at radius 3 is 1.65 bits per heavy atom. The second kappa shape index (κ2) is 15.7. The SMILES string of the molecule is C=C(C)C(=O)O/C=C\Oc1cc2ccc(-c3ccc(O/C=C\OC(=O)C(C)C)c(OC(=O)C(=C)C)c3)cc2cc1OC(=O)C(=C)C. The van der Waals surface area contributed by atoms with Crippen LogP contribution in [0.5, 0.6) is 23.0 Å². The molecule has 0 unspecified atom stereocenters. The van der Waals surface area contributed by atoms with Crippen LogP contribution < -0.4 is 18.9 Å². The van der Waals surface area contributed by atoms with Gasteiger partial charge in [0.1, 0.15) is 25.0 Å². The topological polar surface area (TPSA) is 124 Å². The van der Waals surface area contributed by atoms with Crippen molar-refractivity contribution >= 4 is 34.6 Å². The van der Waals surface area contributed by atoms with Crippen LogP contribution in [0.2, 0.25) is 0 Å². The molecule has 10 heteroatoms. The van der Waals surface area contributed by atoms with Crippen molar-refractivity contribution in [2.24, 2.45) is 5.92 Å². The van der Waals surface area contributed by atoms with E-state index in [1.165, 1.54) is 20.8 Å². The van der Waals surface area contributed by atoms with Crippen LogP contribution in [0.25, 0.3) is 21.9 Å². The number of hydrogen-bond donors (Lipinski definition) is 0. The van der Waals surface area contributed by atoms with Gasteiger partial charge in [0, 0.05) is 16.7 Å². The summed E-state index contributed by atoms with van der Waals surface area (Å²) in [6.07, 6.45) is 4.45. The number of benzene rings is 3. The molecule has 3 rings (SSSR count). The summed E-state index contributed by atoms with van der Waals surface area (Å²) in [6, 6.07) is 13.7. The summed E-state index contributed by atoms with van der Waals surface area (Å²) in [6.45, 7) is 18.7. The predicted octanol–water partition coefficient (Wildman–Crippen LogP) is 7.49. The van der Waals surface area contributed by atoms with Crippen molar-refractivity contribution in [3.8, 4) is 34.1 Å². The summed E-state index contributed by atoms with van der Waals surface area (Å²) < 4.78 is 32.1. The molecule has 0 spiro atoms. The Bertz CT molecular complexity index is 1770. The Kier molecular flexibility index (Phi) is 11.8. The van der Waals surface area contributed by atoms with Crippen molar-refractivity contribution in [3.05, 3.63) is 110 Å². The molecule has 0 aliphatic heterocycles. The molecule has 0 bridgehead atoms. The van der Waals surface area contributed by atoms with Crippen LogP contribution >= 0.6 is 0 Å². The van der Waals surface area contributed by atoms with E-state index >= 15 is 0 Å². The lowest BCUT2D eigenvalue weighted by molar-refractivity contribution is -0.141. The quantitative estimate of drug-likeness (QED) is 0.0816. The molecular formula is C36H34O10. The molecule has 238 valence electrons. The maximum Gasteiger partial charge on any atom is 0.338 e. The van der Waals surface area contributed by atoms with Crippen LogP contribution in [-0.4, -0.2) is 23.9 Å². The second-order valence-corrected chi connectivity index (χ2v) is 10.4. The van der Waals surface area contributed by atoms with Gasteiger partial charge in [-0.25, -0.2) is 14.4 Å². The molecule has 3 aromatic carbocycles. The van der Waals surface area contributed by atoms with Crippen molar-refractivity contribution in [2.75, 3.05) is 0 Å². The number of rotatable bonds is 13. The molecule has 0 aliphatic rings. The summed E-state index contributed by atoms with van der Waals surface area (Å²) in [5, 5.41) is 1.42. The Balaban J connectivity index is 1.99. The second-order valence-electron chi connectivity index (χ2n) is 10.4. The van der Waals surface area contributed by atoms with E-state index < -0.39 is 23.9 Å². The van der Waals surface area contributed by atoms with Gasteiger partial charge in [-0.1, -0.05) is 51.8 Å². The van der Waals surface area contributed by atoms with E-state index in [9.17, 15) is 19.2 Å². The summed E-state index contributed by atoms with van der Waals surface area (Å²) in [4.78, 5) is 48.1. The first-order valence-electron chi connectivity index (χ1n) is 13.9. The van der Waals surface area contributed by atoms with Crippen molar-refractivity contribution in [3.63, 3.8) is 0 Å². The van der Waals surface area contributed by atoms with E-state index in [0.29, 0.717) is 10.9 Å². The highest BCUT2D eigenvalue weighted by Crippen LogP contribution is 2.38. The lowest BCUT2D eigenvalue weighted by Gasteiger charge is -2.13. The Morgan fingerprint density at radius 1 is 0.565 bits per heavy atom. The maximum atomic E-state index is 12.4. The molecule has 0 saturated heterocycles. The number of esters is 4. The van der Waals surface area contributed by atoms with Gasteiger partial charge in [0.15, 0.2) is 23.0 Å². The molecule has 0 atom stereocenters. The first kappa shape index (κ1) is 34.6. The van der Waals surface area contributed by atoms with Crippen LogP contribution in [-0.2, 0) is 28.7 Å². The van der Waals surface area contributed by atoms with Crippen molar-refractivity contribution in [2.45, 2.75) is 34.6 Å². The summed E-state index contributed by atoms with van der Waals surface area (Å²) in [5.74, 6) is -2.13. The van der Waals surface area contributed by atoms with Gasteiger partial charge >= 0.3 is 23.9 Å². The highest BCUT2D eigenvalue weighted by Gasteiger charge is 2.16. The van der Waals surface area contributed by atoms with Crippen molar-refractivity contribution < 1.29 is 47.6 Å². The zero-order valence-electron chi connectivity index (χ0n) is 26.2. The molecule has 0 amide bonds. The maximum absolute atomic E-state index is 12.4. The van der Waals surface area contributed by atoms with E-state index in [4.69, 9.17) is 28.4 Å². The van der Waals surface area contributed by atoms with Gasteiger partial charge in [-0.15, -0.1) is 0 Å². The van der Waals surface area contributed by atoms with Crippen LogP contribution in [0.15, 0.2) is 110 Å². The normalized spacial score (nSPS) is 10.9. The fourth-order valence-electron chi connectivity index (χ4n) is 3.47. The van der Waals surface area contributed by atoms with Gasteiger partial charge in [-0.3, -0.25) is 4.79 Å². The number of fused-ring (bicyclic) bond motifs is 1. The van der Waals surface area contributed by atoms with E-state index in [-0.39, 0.29) is 45.6 Å². The molecule has 0 N–H and O–H groups in total. The Morgan fingerprint density at radius 2 is 1.07 bits per heavy atom. The predicted molar refractivity (Wildman–Crippen MR) is 172 cm³/mol. The van der Waals surface area contributed by atoms with E-state index in [1.807, 2.05) is 18.2 Å². The van der Waals surface area contributed by atoms with Gasteiger partial charge in [-0.05, 0) is 73.0 Å². The monoisotopic (exact) mass is 626 g/mol. The van der Waals surface area contributed by atoms with Crippen LogP contribution in [0.1, 0.15) is 34.6 Å². The summed E-state index contributed by atoms with van der Waals surface area (Å²) in [7, 11) is 0. The van der Waals surface area contributed by atoms with Gasteiger partial charge in [0.25, 0.3) is 0 Å². The molecule has 10 nitrogen and oxygen atoms in total. The minimum atomic E-state index is -0.661. The standard InChI is InChI=1S/C36H34O10/c1-21(2)33(37)43-15-13-41-29-12-11-26(19-31(29)45-35(39)23(5)6)25-9-10-27-18-30(42-14-16-44-34(38)22(3)4)32(20-28(27)17-25)46-36(40)24(7)8/h9-21H,3,5,7H2,1-2,4,6,8H3/b15-13-,16-14-. The fourth-order valence-corrected chi connectivity index (χ4v) is 3.47. The molecule has 0 radical (unpaired) electrons. The first-order chi connectivity index (χ1) is 21.8. The smallest absolute Gasteiger partial charge is 0.338 e. The number of carbonyl (C=O) groups excluding carboxylic acids is 4. The molecule has 0 heterocycles. The van der Waals surface area contributed by atoms with Gasteiger partial charge < -0.3 is 28.4 Å². The minimum absolute atomic E-state index is 0.0957. The number of hydrogen-bond acceptors (Lipinski definition) is 10. The average Bonchev–Trinajstić information content (AvgIpc) is 3.01. The lowest BCUT2D eigenvalue weighted by atomic mass is 10.0. The zero-order chi connectivity index (χ0) is 34.0. The van der Waals surface area contributed by atoms with Gasteiger partial charge in [0.05, 0.1) is 5.92 Å². The minimum Gasteiger partial charge on any atom is -0.458 e. The third kappa shape index (κ3) is 9.55. The van der Waals surface area contributed by atoms with Crippen LogP contribution in [0.3, 0.4) is 0 Å². The fraction of sp³-hybridized carbons (Fsp3) is 0.167. The van der Waals surface area contributed by atoms with Crippen LogP contribution in [0, 0.1) is 5.92 Å². The zero-order valence-corrected chi connectivity index (χ0v) is 26.2. The third-order valence-corrected chi connectivity index (χ3v) is 5.96. The van der Waals surface area contributed by atoms with Gasteiger partial charge in [-0.2, -0.15) is 0 Å². The lowest BCUT2D eigenvalue weighted by Crippen LogP contribution is -2.09. The molecule has 0 aliphatic carbocycles. The highest BCUT2D eigenvalue weighted by molar-refractivity contribution is 5.94. The third-order valence-electron chi connectivity index (χ3n) is 5.96. The summed E-state index contributed by atoms with van der Waals surface area (Å²) in [5.41, 5.74) is 1.97. The molecular weight excluding hydrogens is 592 g/mol. The molecule has 0 saturated carbocycles.